The summed E-state index contributed by atoms with van der Waals surface area (Å²) in [5, 5.41) is 16.1. The standard InChI is InChI=1S/C18H18N6/c1-12-9-16(24-23-12)18(19)10-13-5-2-3-7-15(13)17(22-18)21-14-6-4-8-20-11-14/h2-11,21-22H,19H2,1H3,(H,23,24). The molecule has 6 nitrogen and oxygen atoms in total. The summed E-state index contributed by atoms with van der Waals surface area (Å²) in [7, 11) is 0. The summed E-state index contributed by atoms with van der Waals surface area (Å²) in [5.74, 6) is 0.823. The SMILES string of the molecule is Cc1cc(C2(N)C=c3ccccc3=C(Nc3cccnc3)N2)n[nH]1. The van der Waals surface area contributed by atoms with Crippen molar-refractivity contribution in [1.82, 2.24) is 20.5 Å². The number of nitrogens with zero attached hydrogens (tertiary/aromatic N) is 2. The topological polar surface area (TPSA) is 91.7 Å². The molecule has 1 unspecified atom stereocenters. The summed E-state index contributed by atoms with van der Waals surface area (Å²) >= 11 is 0. The van der Waals surface area contributed by atoms with Gasteiger partial charge in [0.25, 0.3) is 0 Å². The van der Waals surface area contributed by atoms with Crippen molar-refractivity contribution < 1.29 is 0 Å². The molecular weight excluding hydrogens is 300 g/mol. The number of benzene rings is 1. The smallest absolute Gasteiger partial charge is 0.153 e. The second kappa shape index (κ2) is 5.50. The summed E-state index contributed by atoms with van der Waals surface area (Å²) in [6.07, 6.45) is 5.50. The number of fused-ring (bicyclic) bond motifs is 1. The van der Waals surface area contributed by atoms with Crippen LogP contribution in [0.5, 0.6) is 0 Å². The Balaban J connectivity index is 1.85. The van der Waals surface area contributed by atoms with Crippen LogP contribution < -0.4 is 26.8 Å². The molecule has 120 valence electrons. The lowest BCUT2D eigenvalue weighted by Crippen LogP contribution is -2.56. The van der Waals surface area contributed by atoms with E-state index in [1.54, 1.807) is 12.4 Å². The molecule has 0 aliphatic carbocycles. The van der Waals surface area contributed by atoms with Crippen molar-refractivity contribution in [3.05, 3.63) is 76.7 Å². The molecule has 0 saturated heterocycles. The monoisotopic (exact) mass is 318 g/mol. The summed E-state index contributed by atoms with van der Waals surface area (Å²) < 4.78 is 0. The van der Waals surface area contributed by atoms with E-state index in [1.165, 1.54) is 0 Å². The van der Waals surface area contributed by atoms with Gasteiger partial charge in [0.1, 0.15) is 11.5 Å². The van der Waals surface area contributed by atoms with Gasteiger partial charge in [-0.1, -0.05) is 24.3 Å². The maximum atomic E-state index is 6.63. The van der Waals surface area contributed by atoms with Gasteiger partial charge >= 0.3 is 0 Å². The molecule has 4 rings (SSSR count). The number of pyridine rings is 1. The van der Waals surface area contributed by atoms with Crippen LogP contribution in [0, 0.1) is 6.92 Å². The van der Waals surface area contributed by atoms with Crippen LogP contribution >= 0.6 is 0 Å². The third kappa shape index (κ3) is 2.53. The molecule has 0 amide bonds. The highest BCUT2D eigenvalue weighted by Gasteiger charge is 2.30. The molecule has 0 saturated carbocycles. The lowest BCUT2D eigenvalue weighted by molar-refractivity contribution is 0.516. The molecular formula is C18H18N6. The number of rotatable bonds is 3. The average Bonchev–Trinajstić information content (AvgIpc) is 3.03. The Morgan fingerprint density at radius 3 is 2.79 bits per heavy atom. The number of aryl methyl sites for hydroxylation is 1. The highest BCUT2D eigenvalue weighted by atomic mass is 15.2. The molecule has 1 aliphatic heterocycles. The molecule has 1 aliphatic rings. The van der Waals surface area contributed by atoms with Gasteiger partial charge in [0.2, 0.25) is 0 Å². The number of hydrogen-bond acceptors (Lipinski definition) is 5. The van der Waals surface area contributed by atoms with Crippen LogP contribution in [-0.2, 0) is 5.66 Å². The summed E-state index contributed by atoms with van der Waals surface area (Å²) in [6.45, 7) is 1.95. The van der Waals surface area contributed by atoms with E-state index in [1.807, 2.05) is 55.5 Å². The van der Waals surface area contributed by atoms with E-state index in [-0.39, 0.29) is 0 Å². The first-order valence-corrected chi connectivity index (χ1v) is 7.73. The Kier molecular flexibility index (Phi) is 3.32. The van der Waals surface area contributed by atoms with E-state index in [0.717, 1.165) is 33.3 Å². The van der Waals surface area contributed by atoms with E-state index in [2.05, 4.69) is 25.8 Å². The van der Waals surface area contributed by atoms with E-state index in [4.69, 9.17) is 5.73 Å². The quantitative estimate of drug-likeness (QED) is 0.564. The lowest BCUT2D eigenvalue weighted by Gasteiger charge is -2.31. The third-order valence-electron chi connectivity index (χ3n) is 4.01. The van der Waals surface area contributed by atoms with Gasteiger partial charge < -0.3 is 16.4 Å². The Labute approximate surface area is 139 Å². The molecule has 0 spiro atoms. The van der Waals surface area contributed by atoms with E-state index in [0.29, 0.717) is 0 Å². The zero-order chi connectivity index (χ0) is 16.6. The van der Waals surface area contributed by atoms with Gasteiger partial charge in [-0.05, 0) is 36.4 Å². The second-order valence-electron chi connectivity index (χ2n) is 5.90. The van der Waals surface area contributed by atoms with Crippen molar-refractivity contribution in [2.24, 2.45) is 5.73 Å². The zero-order valence-corrected chi connectivity index (χ0v) is 13.2. The molecule has 0 bridgehead atoms. The Hall–Kier alpha value is -3.12. The van der Waals surface area contributed by atoms with Crippen molar-refractivity contribution in [3.8, 4) is 0 Å². The van der Waals surface area contributed by atoms with Gasteiger partial charge in [0, 0.05) is 17.1 Å². The minimum Gasteiger partial charge on any atom is -0.345 e. The Morgan fingerprint density at radius 1 is 1.17 bits per heavy atom. The van der Waals surface area contributed by atoms with Crippen LogP contribution in [0.1, 0.15) is 11.4 Å². The van der Waals surface area contributed by atoms with Gasteiger partial charge in [-0.2, -0.15) is 5.10 Å². The van der Waals surface area contributed by atoms with Crippen molar-refractivity contribution in [1.29, 1.82) is 0 Å². The Morgan fingerprint density at radius 2 is 2.04 bits per heavy atom. The maximum absolute atomic E-state index is 6.63. The molecule has 1 atom stereocenters. The minimum atomic E-state index is -0.899. The average molecular weight is 318 g/mol. The number of nitrogens with two attached hydrogens (primary N) is 1. The van der Waals surface area contributed by atoms with Crippen LogP contribution in [0.4, 0.5) is 5.69 Å². The van der Waals surface area contributed by atoms with Crippen LogP contribution in [0.2, 0.25) is 0 Å². The molecule has 2 aromatic heterocycles. The first-order chi connectivity index (χ1) is 11.6. The fourth-order valence-electron chi connectivity index (χ4n) is 2.85. The normalized spacial score (nSPS) is 19.2. The van der Waals surface area contributed by atoms with Crippen LogP contribution in [0.15, 0.2) is 54.9 Å². The highest BCUT2D eigenvalue weighted by molar-refractivity contribution is 5.67. The van der Waals surface area contributed by atoms with Crippen molar-refractivity contribution >= 4 is 17.6 Å². The fourth-order valence-corrected chi connectivity index (χ4v) is 2.85. The van der Waals surface area contributed by atoms with Crippen LogP contribution in [0.3, 0.4) is 0 Å². The van der Waals surface area contributed by atoms with Crippen LogP contribution in [-0.4, -0.2) is 15.2 Å². The summed E-state index contributed by atoms with van der Waals surface area (Å²) in [4.78, 5) is 4.14. The largest absolute Gasteiger partial charge is 0.345 e. The van der Waals surface area contributed by atoms with Crippen LogP contribution in [0.25, 0.3) is 11.9 Å². The number of hydrogen-bond donors (Lipinski definition) is 4. The highest BCUT2D eigenvalue weighted by Crippen LogP contribution is 2.19. The van der Waals surface area contributed by atoms with Crippen molar-refractivity contribution in [3.63, 3.8) is 0 Å². The third-order valence-corrected chi connectivity index (χ3v) is 4.01. The van der Waals surface area contributed by atoms with Crippen molar-refractivity contribution in [2.45, 2.75) is 12.6 Å². The molecule has 0 radical (unpaired) electrons. The fraction of sp³-hybridized carbons (Fsp3) is 0.111. The minimum absolute atomic E-state index is 0.736. The van der Waals surface area contributed by atoms with Crippen molar-refractivity contribution in [2.75, 3.05) is 5.32 Å². The van der Waals surface area contributed by atoms with Gasteiger partial charge in [-0.15, -0.1) is 0 Å². The summed E-state index contributed by atoms with van der Waals surface area (Å²) in [6, 6.07) is 13.9. The number of aromatic amines is 1. The predicted molar refractivity (Wildman–Crippen MR) is 93.8 cm³/mol. The number of H-pyrrole nitrogens is 1. The zero-order valence-electron chi connectivity index (χ0n) is 13.2. The maximum Gasteiger partial charge on any atom is 0.153 e. The van der Waals surface area contributed by atoms with Gasteiger partial charge in [0.05, 0.1) is 11.9 Å². The number of nitrogens with one attached hydrogen (secondary N) is 3. The molecule has 6 heteroatoms. The van der Waals surface area contributed by atoms with E-state index >= 15 is 0 Å². The summed E-state index contributed by atoms with van der Waals surface area (Å²) in [5.41, 5.74) is 8.31. The predicted octanol–water partition coefficient (Wildman–Crippen LogP) is 0.486. The first kappa shape index (κ1) is 14.5. The van der Waals surface area contributed by atoms with E-state index in [9.17, 15) is 0 Å². The lowest BCUT2D eigenvalue weighted by atomic mass is 10.0. The molecule has 0 fully saturated rings. The number of anilines is 1. The first-order valence-electron chi connectivity index (χ1n) is 7.73. The van der Waals surface area contributed by atoms with Gasteiger partial charge in [-0.3, -0.25) is 10.1 Å². The number of aromatic nitrogens is 3. The Bertz CT molecular complexity index is 992. The van der Waals surface area contributed by atoms with E-state index < -0.39 is 5.66 Å². The molecule has 5 N–H and O–H groups in total. The van der Waals surface area contributed by atoms with Gasteiger partial charge in [0.15, 0.2) is 5.66 Å². The molecule has 24 heavy (non-hydrogen) atoms. The molecule has 1 aromatic carbocycles. The molecule has 3 aromatic rings. The second-order valence-corrected chi connectivity index (χ2v) is 5.90. The molecule has 3 heterocycles. The van der Waals surface area contributed by atoms with Gasteiger partial charge in [-0.25, -0.2) is 0 Å².